The molecule has 0 saturated carbocycles. The van der Waals surface area contributed by atoms with Crippen LogP contribution in [0.15, 0.2) is 65.2 Å². The molecule has 21 heavy (non-hydrogen) atoms. The minimum atomic E-state index is 1.07. The summed E-state index contributed by atoms with van der Waals surface area (Å²) in [6, 6.07) is 17.1. The third-order valence-corrected chi connectivity index (χ3v) is 3.77. The van der Waals surface area contributed by atoms with E-state index >= 15 is 0 Å². The highest BCUT2D eigenvalue weighted by Crippen LogP contribution is 2.37. The lowest BCUT2D eigenvalue weighted by Crippen LogP contribution is -1.85. The molecule has 3 rings (SSSR count). The lowest BCUT2D eigenvalue weighted by molar-refractivity contribution is 1.40. The van der Waals surface area contributed by atoms with E-state index in [1.54, 1.807) is 0 Å². The van der Waals surface area contributed by atoms with Crippen molar-refractivity contribution < 1.29 is 0 Å². The molecule has 0 saturated heterocycles. The van der Waals surface area contributed by atoms with Gasteiger partial charge in [0.15, 0.2) is 0 Å². The van der Waals surface area contributed by atoms with Crippen LogP contribution < -0.4 is 0 Å². The van der Waals surface area contributed by atoms with E-state index < -0.39 is 0 Å². The predicted molar refractivity (Wildman–Crippen MR) is 93.8 cm³/mol. The quantitative estimate of drug-likeness (QED) is 0.403. The smallest absolute Gasteiger partial charge is 0.0743 e. The SMILES string of the molecule is CC(C)=CC=Nc1c(C)c2ccccc2c2ccccc12. The predicted octanol–water partition coefficient (Wildman–Crippen LogP) is 5.97. The van der Waals surface area contributed by atoms with Crippen LogP contribution in [-0.4, -0.2) is 6.21 Å². The van der Waals surface area contributed by atoms with E-state index in [-0.39, 0.29) is 0 Å². The lowest BCUT2D eigenvalue weighted by atomic mass is 9.96. The Balaban J connectivity index is 2.38. The summed E-state index contributed by atoms with van der Waals surface area (Å²) in [4.78, 5) is 4.72. The molecule has 0 spiro atoms. The zero-order valence-corrected chi connectivity index (χ0v) is 12.7. The van der Waals surface area contributed by atoms with Gasteiger partial charge in [-0.3, -0.25) is 4.99 Å². The first-order valence-electron chi connectivity index (χ1n) is 7.26. The Labute approximate surface area is 125 Å². The second kappa shape index (κ2) is 5.53. The average molecular weight is 273 g/mol. The molecule has 0 aliphatic heterocycles. The summed E-state index contributed by atoms with van der Waals surface area (Å²) in [5.74, 6) is 0. The van der Waals surface area contributed by atoms with Crippen molar-refractivity contribution in [3.05, 3.63) is 65.7 Å². The average Bonchev–Trinajstić information content (AvgIpc) is 2.50. The van der Waals surface area contributed by atoms with Gasteiger partial charge in [-0.1, -0.05) is 54.1 Å². The van der Waals surface area contributed by atoms with Crippen molar-refractivity contribution in [2.45, 2.75) is 20.8 Å². The van der Waals surface area contributed by atoms with Crippen molar-refractivity contribution in [2.24, 2.45) is 4.99 Å². The fraction of sp³-hybridized carbons (Fsp3) is 0.150. The first-order chi connectivity index (χ1) is 10.2. The van der Waals surface area contributed by atoms with Gasteiger partial charge in [-0.05, 0) is 48.6 Å². The molecule has 0 amide bonds. The molecule has 0 N–H and O–H groups in total. The van der Waals surface area contributed by atoms with Crippen LogP contribution in [0.4, 0.5) is 5.69 Å². The zero-order chi connectivity index (χ0) is 14.8. The summed E-state index contributed by atoms with van der Waals surface area (Å²) in [5, 5.41) is 5.06. The van der Waals surface area contributed by atoms with Crippen LogP contribution in [0.2, 0.25) is 0 Å². The van der Waals surface area contributed by atoms with Crippen molar-refractivity contribution >= 4 is 33.4 Å². The Morgan fingerprint density at radius 2 is 1.33 bits per heavy atom. The fourth-order valence-corrected chi connectivity index (χ4v) is 2.73. The number of fused-ring (bicyclic) bond motifs is 3. The molecular formula is C20H19N. The Hall–Kier alpha value is -2.41. The number of nitrogens with zero attached hydrogens (tertiary/aromatic N) is 1. The van der Waals surface area contributed by atoms with Gasteiger partial charge in [0.2, 0.25) is 0 Å². The number of allylic oxidation sites excluding steroid dienone is 2. The van der Waals surface area contributed by atoms with Crippen LogP contribution in [0.5, 0.6) is 0 Å². The molecule has 1 heteroatoms. The van der Waals surface area contributed by atoms with Gasteiger partial charge < -0.3 is 0 Å². The summed E-state index contributed by atoms with van der Waals surface area (Å²) in [5.41, 5.74) is 3.56. The highest BCUT2D eigenvalue weighted by molar-refractivity contribution is 6.14. The van der Waals surface area contributed by atoms with Crippen LogP contribution in [-0.2, 0) is 0 Å². The molecular weight excluding hydrogens is 254 g/mol. The Bertz CT molecular complexity index is 866. The number of aryl methyl sites for hydroxylation is 1. The summed E-state index contributed by atoms with van der Waals surface area (Å²) in [7, 11) is 0. The van der Waals surface area contributed by atoms with Crippen molar-refractivity contribution in [1.29, 1.82) is 0 Å². The second-order valence-corrected chi connectivity index (χ2v) is 5.59. The van der Waals surface area contributed by atoms with E-state index in [2.05, 4.69) is 69.3 Å². The zero-order valence-electron chi connectivity index (χ0n) is 12.7. The number of hydrogen-bond donors (Lipinski definition) is 0. The van der Waals surface area contributed by atoms with Gasteiger partial charge in [-0.2, -0.15) is 0 Å². The maximum Gasteiger partial charge on any atom is 0.0743 e. The van der Waals surface area contributed by atoms with Crippen molar-refractivity contribution in [3.63, 3.8) is 0 Å². The van der Waals surface area contributed by atoms with Gasteiger partial charge in [-0.25, -0.2) is 0 Å². The van der Waals surface area contributed by atoms with E-state index in [4.69, 9.17) is 4.99 Å². The van der Waals surface area contributed by atoms with E-state index in [0.717, 1.165) is 5.69 Å². The highest BCUT2D eigenvalue weighted by Gasteiger charge is 2.09. The van der Waals surface area contributed by atoms with Crippen molar-refractivity contribution in [2.75, 3.05) is 0 Å². The highest BCUT2D eigenvalue weighted by atomic mass is 14.7. The molecule has 0 aliphatic rings. The Kier molecular flexibility index (Phi) is 3.57. The van der Waals surface area contributed by atoms with Gasteiger partial charge in [0.25, 0.3) is 0 Å². The normalized spacial score (nSPS) is 11.4. The standard InChI is InChI=1S/C20H19N/c1-14(2)12-13-21-20-15(3)16-8-4-5-9-17(16)18-10-6-7-11-19(18)20/h4-13H,1-3H3. The summed E-state index contributed by atoms with van der Waals surface area (Å²) < 4.78 is 0. The van der Waals surface area contributed by atoms with Crippen molar-refractivity contribution in [1.82, 2.24) is 0 Å². The topological polar surface area (TPSA) is 12.4 Å². The molecule has 1 nitrogen and oxygen atoms in total. The van der Waals surface area contributed by atoms with E-state index in [9.17, 15) is 0 Å². The molecule has 0 radical (unpaired) electrons. The monoisotopic (exact) mass is 273 g/mol. The second-order valence-electron chi connectivity index (χ2n) is 5.59. The lowest BCUT2D eigenvalue weighted by Gasteiger charge is -2.11. The first kappa shape index (κ1) is 13.6. The third-order valence-electron chi connectivity index (χ3n) is 3.77. The molecule has 104 valence electrons. The largest absolute Gasteiger partial charge is 0.256 e. The Morgan fingerprint density at radius 3 is 1.95 bits per heavy atom. The maximum atomic E-state index is 4.72. The first-order valence-corrected chi connectivity index (χ1v) is 7.26. The molecule has 0 aromatic heterocycles. The van der Waals surface area contributed by atoms with Crippen LogP contribution in [0.1, 0.15) is 19.4 Å². The minimum Gasteiger partial charge on any atom is -0.256 e. The molecule has 0 unspecified atom stereocenters. The fourth-order valence-electron chi connectivity index (χ4n) is 2.73. The minimum absolute atomic E-state index is 1.07. The Morgan fingerprint density at radius 1 is 0.810 bits per heavy atom. The third kappa shape index (κ3) is 2.47. The van der Waals surface area contributed by atoms with E-state index in [0.29, 0.717) is 0 Å². The van der Waals surface area contributed by atoms with Crippen LogP contribution in [0, 0.1) is 6.92 Å². The van der Waals surface area contributed by atoms with Gasteiger partial charge >= 0.3 is 0 Å². The van der Waals surface area contributed by atoms with E-state index in [1.165, 1.54) is 32.7 Å². The maximum absolute atomic E-state index is 4.72. The molecule has 0 bridgehead atoms. The summed E-state index contributed by atoms with van der Waals surface area (Å²) in [6.45, 7) is 6.32. The summed E-state index contributed by atoms with van der Waals surface area (Å²) in [6.07, 6.45) is 3.95. The van der Waals surface area contributed by atoms with Gasteiger partial charge in [0.05, 0.1) is 5.69 Å². The molecule has 0 fully saturated rings. The molecule has 0 atom stereocenters. The van der Waals surface area contributed by atoms with Gasteiger partial charge in [0, 0.05) is 11.6 Å². The number of rotatable bonds is 2. The molecule has 0 heterocycles. The van der Waals surface area contributed by atoms with Gasteiger partial charge in [0.1, 0.15) is 0 Å². The van der Waals surface area contributed by atoms with Crippen molar-refractivity contribution in [3.8, 4) is 0 Å². The number of hydrogen-bond acceptors (Lipinski definition) is 1. The molecule has 3 aromatic rings. The van der Waals surface area contributed by atoms with Crippen LogP contribution >= 0.6 is 0 Å². The van der Waals surface area contributed by atoms with E-state index in [1.807, 2.05) is 12.3 Å². The number of aliphatic imine (C=N–C) groups is 1. The van der Waals surface area contributed by atoms with Crippen LogP contribution in [0.25, 0.3) is 21.5 Å². The number of benzene rings is 3. The van der Waals surface area contributed by atoms with Crippen LogP contribution in [0.3, 0.4) is 0 Å². The van der Waals surface area contributed by atoms with Gasteiger partial charge in [-0.15, -0.1) is 0 Å². The summed E-state index contributed by atoms with van der Waals surface area (Å²) >= 11 is 0. The molecule has 0 aliphatic carbocycles. The molecule has 3 aromatic carbocycles.